The Balaban J connectivity index is 0.000000240. The number of Topliss-reactive ketones (excluding diaryl/α,β-unsaturated/α-hetero) is 1. The summed E-state index contributed by atoms with van der Waals surface area (Å²) in [7, 11) is 2.83. The lowest BCUT2D eigenvalue weighted by atomic mass is 10.1. The zero-order valence-electron chi connectivity index (χ0n) is 23.1. The van der Waals surface area contributed by atoms with Gasteiger partial charge in [-0.2, -0.15) is 26.3 Å². The minimum Gasteiger partial charge on any atom is -0.480 e. The Labute approximate surface area is 246 Å². The van der Waals surface area contributed by atoms with Crippen LogP contribution in [0.5, 0.6) is 0 Å². The Morgan fingerprint density at radius 3 is 1.45 bits per heavy atom. The number of hydrogen-bond acceptors (Lipinski definition) is 4. The number of carbonyl (C=O) groups is 4. The van der Waals surface area contributed by atoms with Crippen molar-refractivity contribution in [3.05, 3.63) is 70.4 Å². The number of halogens is 6. The molecule has 0 saturated carbocycles. The molecule has 4 rings (SSSR count). The Morgan fingerprint density at radius 1 is 0.773 bits per heavy atom. The van der Waals surface area contributed by atoms with E-state index in [2.05, 4.69) is 9.69 Å². The Morgan fingerprint density at radius 2 is 1.14 bits per heavy atom. The molecule has 0 aromatic heterocycles. The van der Waals surface area contributed by atoms with E-state index in [4.69, 9.17) is 18.3 Å². The summed E-state index contributed by atoms with van der Waals surface area (Å²) < 4.78 is 77.9. The minimum absolute atomic E-state index is 0.0470. The number of urea groups is 2. The van der Waals surface area contributed by atoms with Crippen LogP contribution in [0.25, 0.3) is 9.69 Å². The summed E-state index contributed by atoms with van der Waals surface area (Å²) in [5, 5.41) is 9.12. The number of aliphatic carboxylic acids is 1. The van der Waals surface area contributed by atoms with Gasteiger partial charge in [0.15, 0.2) is 23.2 Å². The highest BCUT2D eigenvalue weighted by Gasteiger charge is 2.43. The molecule has 0 radical (unpaired) electrons. The summed E-state index contributed by atoms with van der Waals surface area (Å²) in [5.41, 5.74) is -3.73. The van der Waals surface area contributed by atoms with Gasteiger partial charge < -0.3 is 14.9 Å². The summed E-state index contributed by atoms with van der Waals surface area (Å²) in [4.78, 5) is 56.7. The highest BCUT2D eigenvalue weighted by molar-refractivity contribution is 6.03. The fourth-order valence-corrected chi connectivity index (χ4v) is 4.55. The molecule has 0 spiro atoms. The summed E-state index contributed by atoms with van der Waals surface area (Å²) in [6, 6.07) is 2.30. The zero-order valence-corrected chi connectivity index (χ0v) is 23.1. The van der Waals surface area contributed by atoms with E-state index in [1.54, 1.807) is 0 Å². The third-order valence-electron chi connectivity index (χ3n) is 6.70. The number of ketones is 1. The fraction of sp³-hybridized carbons (Fsp3) is 0.333. The van der Waals surface area contributed by atoms with Crippen LogP contribution < -0.4 is 9.80 Å². The molecule has 2 aliphatic rings. The van der Waals surface area contributed by atoms with Crippen molar-refractivity contribution in [2.45, 2.75) is 31.4 Å². The number of likely N-dealkylation sites (N-methyl/N-ethyl adjacent to an activating group) is 2. The van der Waals surface area contributed by atoms with Crippen LogP contribution in [0.15, 0.2) is 36.4 Å². The van der Waals surface area contributed by atoms with E-state index in [0.29, 0.717) is 6.07 Å². The molecule has 0 unspecified atom stereocenters. The lowest BCUT2D eigenvalue weighted by Crippen LogP contribution is -2.39. The largest absolute Gasteiger partial charge is 0.480 e. The average Bonchev–Trinajstić information content (AvgIpc) is 3.42. The molecule has 0 bridgehead atoms. The van der Waals surface area contributed by atoms with E-state index in [1.165, 1.54) is 32.0 Å². The molecule has 1 N–H and O–H groups in total. The van der Waals surface area contributed by atoms with Crippen LogP contribution in [0, 0.1) is 13.1 Å². The lowest BCUT2D eigenvalue weighted by molar-refractivity contribution is -0.138. The van der Waals surface area contributed by atoms with Crippen molar-refractivity contribution in [1.29, 1.82) is 0 Å². The molecule has 2 heterocycles. The molecule has 2 aromatic rings. The van der Waals surface area contributed by atoms with Gasteiger partial charge >= 0.3 is 30.4 Å². The number of rotatable bonds is 4. The maximum atomic E-state index is 13.0. The number of carboxylic acids is 1. The Bertz CT molecular complexity index is 1480. The number of benzene rings is 2. The van der Waals surface area contributed by atoms with E-state index >= 15 is 0 Å². The van der Waals surface area contributed by atoms with E-state index in [1.807, 2.05) is 0 Å². The SMILES string of the molecule is [C-]#[N+]c1ccc(N2C(=O)N(C)C[C@@H]2C(=O)O)cc1C(F)(F)F.[C-]#[N+]c1ccc(N2C(=O)N(C)C[C@@H]2C(C)=O)cc1C(F)(F)F. The third kappa shape index (κ3) is 6.51. The molecule has 44 heavy (non-hydrogen) atoms. The van der Waals surface area contributed by atoms with Crippen molar-refractivity contribution in [3.8, 4) is 0 Å². The van der Waals surface area contributed by atoms with Crippen molar-refractivity contribution < 1.29 is 50.6 Å². The second-order valence-electron chi connectivity index (χ2n) is 9.67. The smallest absolute Gasteiger partial charge is 0.407 e. The van der Waals surface area contributed by atoms with Crippen LogP contribution in [-0.2, 0) is 21.9 Å². The van der Waals surface area contributed by atoms with E-state index in [0.717, 1.165) is 39.0 Å². The van der Waals surface area contributed by atoms with Gasteiger partial charge in [0, 0.05) is 25.5 Å². The highest BCUT2D eigenvalue weighted by Crippen LogP contribution is 2.41. The van der Waals surface area contributed by atoms with Crippen LogP contribution in [0.4, 0.5) is 58.7 Å². The van der Waals surface area contributed by atoms with Gasteiger partial charge in [-0.25, -0.2) is 24.1 Å². The van der Waals surface area contributed by atoms with Gasteiger partial charge in [0.2, 0.25) is 0 Å². The summed E-state index contributed by atoms with van der Waals surface area (Å²) in [6.07, 6.45) is -9.49. The molecule has 2 fully saturated rings. The van der Waals surface area contributed by atoms with Crippen molar-refractivity contribution in [3.63, 3.8) is 0 Å². The fourth-order valence-electron chi connectivity index (χ4n) is 4.55. The maximum absolute atomic E-state index is 13.0. The van der Waals surface area contributed by atoms with Crippen molar-refractivity contribution in [1.82, 2.24) is 9.80 Å². The zero-order chi connectivity index (χ0) is 33.3. The van der Waals surface area contributed by atoms with Crippen molar-refractivity contribution in [2.75, 3.05) is 37.0 Å². The quantitative estimate of drug-likeness (QED) is 0.349. The topological polar surface area (TPSA) is 110 Å². The van der Waals surface area contributed by atoms with Crippen LogP contribution in [0.3, 0.4) is 0 Å². The first-order chi connectivity index (χ1) is 20.3. The molecule has 17 heteroatoms. The Kier molecular flexibility index (Phi) is 9.14. The minimum atomic E-state index is -4.77. The van der Waals surface area contributed by atoms with Crippen molar-refractivity contribution in [2.24, 2.45) is 0 Å². The predicted octanol–water partition coefficient (Wildman–Crippen LogP) is 5.67. The van der Waals surface area contributed by atoms with Gasteiger partial charge in [-0.1, -0.05) is 12.1 Å². The van der Waals surface area contributed by atoms with E-state index in [-0.39, 0.29) is 30.2 Å². The molecular weight excluding hydrogens is 602 g/mol. The molecular formula is C27H22F6N6O5. The average molecular weight is 624 g/mol. The molecule has 0 aliphatic carbocycles. The van der Waals surface area contributed by atoms with E-state index in [9.17, 15) is 45.5 Å². The monoisotopic (exact) mass is 624 g/mol. The molecule has 232 valence electrons. The number of hydrogen-bond donors (Lipinski definition) is 1. The number of carbonyl (C=O) groups excluding carboxylic acids is 3. The first kappa shape index (κ1) is 33.2. The number of amides is 4. The molecule has 11 nitrogen and oxygen atoms in total. The van der Waals surface area contributed by atoms with Gasteiger partial charge in [0.25, 0.3) is 0 Å². The van der Waals surface area contributed by atoms with E-state index < -0.39 is 65.0 Å². The van der Waals surface area contributed by atoms with Crippen LogP contribution in [0.1, 0.15) is 18.1 Å². The number of carboxylic acid groups (broad SMARTS) is 1. The summed E-state index contributed by atoms with van der Waals surface area (Å²) >= 11 is 0. The highest BCUT2D eigenvalue weighted by atomic mass is 19.4. The van der Waals surface area contributed by atoms with Gasteiger partial charge in [-0.15, -0.1) is 0 Å². The second-order valence-corrected chi connectivity index (χ2v) is 9.67. The standard InChI is InChI=1S/C14H12F3N3O2.C13H10F3N3O3/c1-8(21)12-7-19(3)13(22)20(12)9-4-5-11(18-2)10(6-9)14(15,16)17;1-17-9-4-3-7(5-8(9)13(14,15)16)19-10(11(20)21)6-18(2)12(19)22/h4-6,12H,7H2,1,3H3;3-5,10H,6H2,2H3,(H,20,21)/t12-;10-/m11/s1. The maximum Gasteiger partial charge on any atom is 0.407 e. The van der Waals surface area contributed by atoms with Gasteiger partial charge in [0.1, 0.15) is 6.04 Å². The molecule has 2 saturated heterocycles. The van der Waals surface area contributed by atoms with Crippen LogP contribution in [0.2, 0.25) is 0 Å². The molecule has 4 amide bonds. The second kappa shape index (κ2) is 12.1. The van der Waals surface area contributed by atoms with Crippen LogP contribution >= 0.6 is 0 Å². The number of nitrogens with zero attached hydrogens (tertiary/aromatic N) is 6. The first-order valence-corrected chi connectivity index (χ1v) is 12.3. The van der Waals surface area contributed by atoms with Gasteiger partial charge in [0.05, 0.1) is 37.4 Å². The van der Waals surface area contributed by atoms with Gasteiger partial charge in [-0.3, -0.25) is 14.6 Å². The van der Waals surface area contributed by atoms with Gasteiger partial charge in [-0.05, 0) is 31.2 Å². The number of anilines is 2. The molecule has 2 aromatic carbocycles. The summed E-state index contributed by atoms with van der Waals surface area (Å²) in [6.45, 7) is 14.8. The predicted molar refractivity (Wildman–Crippen MR) is 142 cm³/mol. The third-order valence-corrected chi connectivity index (χ3v) is 6.70. The molecule has 2 aliphatic heterocycles. The lowest BCUT2D eigenvalue weighted by Gasteiger charge is -2.22. The number of alkyl halides is 6. The summed E-state index contributed by atoms with van der Waals surface area (Å²) in [5.74, 6) is -1.64. The molecule has 2 atom stereocenters. The first-order valence-electron chi connectivity index (χ1n) is 12.3. The van der Waals surface area contributed by atoms with Crippen molar-refractivity contribution >= 4 is 46.6 Å². The Hall–Kier alpha value is -5.32. The van der Waals surface area contributed by atoms with Crippen LogP contribution in [-0.4, -0.2) is 78.0 Å². The normalized spacial score (nSPS) is 18.5.